The highest BCUT2D eigenvalue weighted by molar-refractivity contribution is 6.20. The number of piperidine rings is 1. The van der Waals surface area contributed by atoms with Gasteiger partial charge in [-0.1, -0.05) is 0 Å². The van der Waals surface area contributed by atoms with Crippen LogP contribution in [0.15, 0.2) is 0 Å². The Morgan fingerprint density at radius 3 is 2.42 bits per heavy atom. The highest BCUT2D eigenvalue weighted by atomic mass is 16.6. The van der Waals surface area contributed by atoms with Crippen molar-refractivity contribution in [3.05, 3.63) is 0 Å². The van der Waals surface area contributed by atoms with Gasteiger partial charge in [0.05, 0.1) is 6.54 Å². The van der Waals surface area contributed by atoms with Crippen LogP contribution in [0.2, 0.25) is 0 Å². The van der Waals surface area contributed by atoms with Gasteiger partial charge in [0.2, 0.25) is 11.8 Å². The molecule has 8 nitrogen and oxygen atoms in total. The summed E-state index contributed by atoms with van der Waals surface area (Å²) < 4.78 is 5.04. The zero-order valence-corrected chi connectivity index (χ0v) is 14.7. The van der Waals surface area contributed by atoms with Crippen molar-refractivity contribution in [3.8, 4) is 0 Å². The van der Waals surface area contributed by atoms with Gasteiger partial charge in [0.25, 0.3) is 0 Å². The summed E-state index contributed by atoms with van der Waals surface area (Å²) in [6.45, 7) is 7.71. The van der Waals surface area contributed by atoms with Gasteiger partial charge in [0.1, 0.15) is 18.4 Å². The number of esters is 1. The van der Waals surface area contributed by atoms with E-state index in [4.69, 9.17) is 4.74 Å². The van der Waals surface area contributed by atoms with Crippen molar-refractivity contribution in [3.63, 3.8) is 0 Å². The van der Waals surface area contributed by atoms with Crippen LogP contribution >= 0.6 is 0 Å². The molecule has 1 fully saturated rings. The molecule has 1 saturated heterocycles. The third-order valence-electron chi connectivity index (χ3n) is 3.52. The molecule has 1 aliphatic heterocycles. The van der Waals surface area contributed by atoms with Gasteiger partial charge in [-0.15, -0.1) is 0 Å². The average molecular weight is 340 g/mol. The Bertz CT molecular complexity index is 561. The van der Waals surface area contributed by atoms with Gasteiger partial charge in [0.15, 0.2) is 11.7 Å². The Kier molecular flexibility index (Phi) is 5.86. The Balaban J connectivity index is 2.79. The number of nitrogens with one attached hydrogen (secondary N) is 1. The SMILES string of the molecule is CC(C)(C)OC(=O)CNC(=O)C1C(=O)CC(C)(C)N(CC=O)C1=O. The second-order valence-electron chi connectivity index (χ2n) is 7.31. The highest BCUT2D eigenvalue weighted by Crippen LogP contribution is 2.29. The van der Waals surface area contributed by atoms with Gasteiger partial charge >= 0.3 is 5.97 Å². The summed E-state index contributed by atoms with van der Waals surface area (Å²) in [5.74, 6) is -4.34. The normalized spacial score (nSPS) is 20.5. The van der Waals surface area contributed by atoms with Crippen molar-refractivity contribution < 1.29 is 28.7 Å². The van der Waals surface area contributed by atoms with Crippen LogP contribution in [-0.4, -0.2) is 59.0 Å². The van der Waals surface area contributed by atoms with Gasteiger partial charge in [-0.2, -0.15) is 0 Å². The summed E-state index contributed by atoms with van der Waals surface area (Å²) in [7, 11) is 0. The largest absolute Gasteiger partial charge is 0.459 e. The van der Waals surface area contributed by atoms with E-state index in [0.717, 1.165) is 0 Å². The molecule has 1 rings (SSSR count). The van der Waals surface area contributed by atoms with Gasteiger partial charge in [-0.3, -0.25) is 19.2 Å². The number of aldehydes is 1. The van der Waals surface area contributed by atoms with E-state index in [0.29, 0.717) is 6.29 Å². The molecule has 2 amide bonds. The number of hydrogen-bond acceptors (Lipinski definition) is 6. The Morgan fingerprint density at radius 1 is 1.33 bits per heavy atom. The smallest absolute Gasteiger partial charge is 0.325 e. The van der Waals surface area contributed by atoms with Crippen LogP contribution in [0, 0.1) is 5.92 Å². The van der Waals surface area contributed by atoms with Crippen LogP contribution < -0.4 is 5.32 Å². The lowest BCUT2D eigenvalue weighted by atomic mass is 9.82. The fraction of sp³-hybridized carbons (Fsp3) is 0.688. The van der Waals surface area contributed by atoms with Crippen LogP contribution in [0.25, 0.3) is 0 Å². The molecule has 0 saturated carbocycles. The third-order valence-corrected chi connectivity index (χ3v) is 3.52. The standard InChI is InChI=1S/C16H24N2O6/c1-15(2,3)24-11(21)9-17-13(22)12-10(20)8-16(4,5)18(6-7-19)14(12)23/h7,12H,6,8-9H2,1-5H3,(H,17,22). The Morgan fingerprint density at radius 2 is 1.92 bits per heavy atom. The van der Waals surface area contributed by atoms with Crippen LogP contribution in [-0.2, 0) is 28.7 Å². The van der Waals surface area contributed by atoms with Crippen molar-refractivity contribution in [2.45, 2.75) is 52.2 Å². The minimum atomic E-state index is -1.54. The molecule has 0 aliphatic carbocycles. The summed E-state index contributed by atoms with van der Waals surface area (Å²) in [5.41, 5.74) is -1.54. The number of nitrogens with zero attached hydrogens (tertiary/aromatic N) is 1. The summed E-state index contributed by atoms with van der Waals surface area (Å²) in [6.07, 6.45) is 0.502. The van der Waals surface area contributed by atoms with E-state index in [1.807, 2.05) is 0 Å². The molecule has 0 aromatic rings. The van der Waals surface area contributed by atoms with E-state index >= 15 is 0 Å². The maximum Gasteiger partial charge on any atom is 0.325 e. The van der Waals surface area contributed by atoms with Crippen LogP contribution in [0.5, 0.6) is 0 Å². The van der Waals surface area contributed by atoms with E-state index in [-0.39, 0.29) is 13.0 Å². The summed E-state index contributed by atoms with van der Waals surface area (Å²) in [6, 6.07) is 0. The number of Topliss-reactive ketones (excluding diaryl/α,β-unsaturated/α-hetero) is 1. The fourth-order valence-corrected chi connectivity index (χ4v) is 2.52. The number of hydrogen-bond donors (Lipinski definition) is 1. The van der Waals surface area contributed by atoms with Gasteiger partial charge in [-0.05, 0) is 34.6 Å². The van der Waals surface area contributed by atoms with Gasteiger partial charge in [-0.25, -0.2) is 0 Å². The molecule has 24 heavy (non-hydrogen) atoms. The molecule has 0 aromatic heterocycles. The van der Waals surface area contributed by atoms with Crippen molar-refractivity contribution in [2.24, 2.45) is 5.92 Å². The number of rotatable bonds is 5. The van der Waals surface area contributed by atoms with E-state index in [1.54, 1.807) is 34.6 Å². The first-order chi connectivity index (χ1) is 10.9. The monoisotopic (exact) mass is 340 g/mol. The zero-order valence-electron chi connectivity index (χ0n) is 14.7. The maximum absolute atomic E-state index is 12.4. The van der Waals surface area contributed by atoms with Crippen molar-refractivity contribution in [2.75, 3.05) is 13.1 Å². The zero-order chi connectivity index (χ0) is 18.7. The minimum Gasteiger partial charge on any atom is -0.459 e. The van der Waals surface area contributed by atoms with Crippen LogP contribution in [0.3, 0.4) is 0 Å². The highest BCUT2D eigenvalue weighted by Gasteiger charge is 2.48. The number of ether oxygens (including phenoxy) is 1. The first kappa shape index (κ1) is 19.8. The predicted octanol–water partition coefficient (Wildman–Crippen LogP) is -0.161. The number of carbonyl (C=O) groups excluding carboxylic acids is 5. The molecular weight excluding hydrogens is 316 g/mol. The molecule has 1 aliphatic rings. The Labute approximate surface area is 140 Å². The van der Waals surface area contributed by atoms with Crippen LogP contribution in [0.4, 0.5) is 0 Å². The molecule has 1 N–H and O–H groups in total. The topological polar surface area (TPSA) is 110 Å². The molecule has 1 unspecified atom stereocenters. The fourth-order valence-electron chi connectivity index (χ4n) is 2.52. The van der Waals surface area contributed by atoms with E-state index in [2.05, 4.69) is 5.32 Å². The molecule has 1 atom stereocenters. The van der Waals surface area contributed by atoms with Gasteiger partial charge in [0, 0.05) is 12.0 Å². The second-order valence-corrected chi connectivity index (χ2v) is 7.31. The van der Waals surface area contributed by atoms with E-state index in [1.165, 1.54) is 4.90 Å². The predicted molar refractivity (Wildman–Crippen MR) is 83.8 cm³/mol. The Hall–Kier alpha value is -2.25. The van der Waals surface area contributed by atoms with Crippen molar-refractivity contribution >= 4 is 29.9 Å². The first-order valence-electron chi connectivity index (χ1n) is 7.66. The van der Waals surface area contributed by atoms with E-state index in [9.17, 15) is 24.0 Å². The van der Waals surface area contributed by atoms with Crippen molar-refractivity contribution in [1.29, 1.82) is 0 Å². The van der Waals surface area contributed by atoms with Crippen LogP contribution in [0.1, 0.15) is 41.0 Å². The summed E-state index contributed by atoms with van der Waals surface area (Å²) in [4.78, 5) is 60.4. The lowest BCUT2D eigenvalue weighted by Crippen LogP contribution is -2.61. The lowest BCUT2D eigenvalue weighted by molar-refractivity contribution is -0.160. The summed E-state index contributed by atoms with van der Waals surface area (Å²) >= 11 is 0. The molecule has 0 spiro atoms. The number of ketones is 1. The molecule has 134 valence electrons. The molecular formula is C16H24N2O6. The molecule has 0 aromatic carbocycles. The average Bonchev–Trinajstić information content (AvgIpc) is 2.38. The third kappa shape index (κ3) is 4.87. The first-order valence-corrected chi connectivity index (χ1v) is 7.66. The quantitative estimate of drug-likeness (QED) is 0.423. The molecule has 1 heterocycles. The van der Waals surface area contributed by atoms with E-state index < -0.39 is 47.2 Å². The van der Waals surface area contributed by atoms with Crippen molar-refractivity contribution in [1.82, 2.24) is 10.2 Å². The number of amides is 2. The summed E-state index contributed by atoms with van der Waals surface area (Å²) in [5, 5.41) is 2.26. The molecule has 0 radical (unpaired) electrons. The second kappa shape index (κ2) is 7.11. The number of likely N-dealkylation sites (tertiary alicyclic amines) is 1. The molecule has 8 heteroatoms. The minimum absolute atomic E-state index is 0.0445. The molecule has 0 bridgehead atoms. The number of carbonyl (C=O) groups is 5. The maximum atomic E-state index is 12.4. The van der Waals surface area contributed by atoms with Gasteiger partial charge < -0.3 is 19.7 Å². The lowest BCUT2D eigenvalue weighted by Gasteiger charge is -2.42.